The van der Waals surface area contributed by atoms with Crippen molar-refractivity contribution in [3.05, 3.63) is 29.8 Å². The van der Waals surface area contributed by atoms with E-state index >= 15 is 0 Å². The predicted octanol–water partition coefficient (Wildman–Crippen LogP) is 1.94. The molecule has 1 aromatic carbocycles. The Bertz CT molecular complexity index is 590. The van der Waals surface area contributed by atoms with Crippen LogP contribution in [0.1, 0.15) is 36.0 Å². The van der Waals surface area contributed by atoms with E-state index in [1.54, 1.807) is 0 Å². The summed E-state index contributed by atoms with van der Waals surface area (Å²) in [5, 5.41) is 8.87. The molecule has 0 aliphatic carbocycles. The zero-order chi connectivity index (χ0) is 15.5. The Morgan fingerprint density at radius 2 is 1.62 bits per heavy atom. The van der Waals surface area contributed by atoms with Crippen LogP contribution in [-0.4, -0.2) is 43.9 Å². The van der Waals surface area contributed by atoms with Gasteiger partial charge >= 0.3 is 16.2 Å². The van der Waals surface area contributed by atoms with Gasteiger partial charge in [0.1, 0.15) is 0 Å². The van der Waals surface area contributed by atoms with Crippen LogP contribution in [0.5, 0.6) is 0 Å². The number of carboxylic acids is 1. The molecule has 0 radical (unpaired) electrons. The molecule has 7 heteroatoms. The van der Waals surface area contributed by atoms with Gasteiger partial charge < -0.3 is 5.11 Å². The van der Waals surface area contributed by atoms with Crippen molar-refractivity contribution >= 4 is 21.9 Å². The van der Waals surface area contributed by atoms with E-state index in [-0.39, 0.29) is 5.56 Å². The molecule has 0 saturated carbocycles. The van der Waals surface area contributed by atoms with Crippen LogP contribution < -0.4 is 4.31 Å². The number of hydrogen-bond donors (Lipinski definition) is 1. The highest BCUT2D eigenvalue weighted by atomic mass is 32.2. The Morgan fingerprint density at radius 3 is 2.10 bits per heavy atom. The molecule has 21 heavy (non-hydrogen) atoms. The lowest BCUT2D eigenvalue weighted by atomic mass is 10.2. The van der Waals surface area contributed by atoms with Crippen LogP contribution in [0.4, 0.5) is 5.69 Å². The highest BCUT2D eigenvalue weighted by molar-refractivity contribution is 7.90. The molecule has 2 rings (SSSR count). The summed E-state index contributed by atoms with van der Waals surface area (Å²) in [5.74, 6) is -1.03. The minimum atomic E-state index is -3.55. The van der Waals surface area contributed by atoms with Crippen LogP contribution in [-0.2, 0) is 10.2 Å². The first-order valence-electron chi connectivity index (χ1n) is 7.00. The fourth-order valence-corrected chi connectivity index (χ4v) is 3.85. The first kappa shape index (κ1) is 15.8. The monoisotopic (exact) mass is 312 g/mol. The van der Waals surface area contributed by atoms with Gasteiger partial charge in [0.05, 0.1) is 11.3 Å². The fraction of sp³-hybridized carbons (Fsp3) is 0.500. The van der Waals surface area contributed by atoms with E-state index in [0.29, 0.717) is 18.8 Å². The predicted molar refractivity (Wildman–Crippen MR) is 80.8 cm³/mol. The van der Waals surface area contributed by atoms with E-state index in [9.17, 15) is 13.2 Å². The number of anilines is 1. The van der Waals surface area contributed by atoms with Gasteiger partial charge in [-0.2, -0.15) is 12.7 Å². The number of carbonyl (C=O) groups is 1. The lowest BCUT2D eigenvalue weighted by molar-refractivity contribution is 0.0697. The SMILES string of the molecule is CN(c1ccc(C(=O)O)cc1)S(=O)(=O)N1CCCCCC1. The number of aromatic carboxylic acids is 1. The highest BCUT2D eigenvalue weighted by Crippen LogP contribution is 2.21. The molecule has 6 nitrogen and oxygen atoms in total. The van der Waals surface area contributed by atoms with Crippen molar-refractivity contribution in [1.82, 2.24) is 4.31 Å². The number of benzene rings is 1. The molecule has 0 unspecified atom stereocenters. The second-order valence-corrected chi connectivity index (χ2v) is 7.10. The molecule has 116 valence electrons. The Labute approximate surface area is 125 Å². The van der Waals surface area contributed by atoms with E-state index < -0.39 is 16.2 Å². The topological polar surface area (TPSA) is 77.9 Å². The van der Waals surface area contributed by atoms with Gasteiger partial charge in [0.2, 0.25) is 0 Å². The van der Waals surface area contributed by atoms with E-state index in [2.05, 4.69) is 0 Å². The first-order valence-corrected chi connectivity index (χ1v) is 8.40. The molecule has 1 fully saturated rings. The number of rotatable bonds is 4. The molecule has 1 aliphatic heterocycles. The molecule has 0 aromatic heterocycles. The highest BCUT2D eigenvalue weighted by Gasteiger charge is 2.27. The third-order valence-electron chi connectivity index (χ3n) is 3.72. The molecule has 0 amide bonds. The van der Waals surface area contributed by atoms with Crippen LogP contribution in [0.3, 0.4) is 0 Å². The second kappa shape index (κ2) is 6.44. The Hall–Kier alpha value is -1.60. The number of hydrogen-bond acceptors (Lipinski definition) is 3. The van der Waals surface area contributed by atoms with Crippen molar-refractivity contribution in [2.24, 2.45) is 0 Å². The zero-order valence-electron chi connectivity index (χ0n) is 12.0. The summed E-state index contributed by atoms with van der Waals surface area (Å²) < 4.78 is 27.9. The summed E-state index contributed by atoms with van der Waals surface area (Å²) in [6.07, 6.45) is 3.88. The Kier molecular flexibility index (Phi) is 4.84. The largest absolute Gasteiger partial charge is 0.478 e. The summed E-state index contributed by atoms with van der Waals surface area (Å²) >= 11 is 0. The molecular formula is C14H20N2O4S. The normalized spacial score (nSPS) is 17.2. The van der Waals surface area contributed by atoms with Gasteiger partial charge in [0.15, 0.2) is 0 Å². The lowest BCUT2D eigenvalue weighted by Crippen LogP contribution is -2.42. The maximum absolute atomic E-state index is 12.6. The van der Waals surface area contributed by atoms with Crippen molar-refractivity contribution in [2.45, 2.75) is 25.7 Å². The molecule has 1 aromatic rings. The summed E-state index contributed by atoms with van der Waals surface area (Å²) in [4.78, 5) is 10.8. The molecule has 1 aliphatic rings. The van der Waals surface area contributed by atoms with Crippen molar-refractivity contribution in [3.63, 3.8) is 0 Å². The van der Waals surface area contributed by atoms with Gasteiger partial charge in [-0.05, 0) is 37.1 Å². The number of carboxylic acid groups (broad SMARTS) is 1. The van der Waals surface area contributed by atoms with Crippen LogP contribution in [0.15, 0.2) is 24.3 Å². The van der Waals surface area contributed by atoms with Crippen molar-refractivity contribution in [3.8, 4) is 0 Å². The zero-order valence-corrected chi connectivity index (χ0v) is 12.8. The van der Waals surface area contributed by atoms with Crippen LogP contribution in [0.2, 0.25) is 0 Å². The summed E-state index contributed by atoms with van der Waals surface area (Å²) in [6.45, 7) is 1.08. The molecule has 1 heterocycles. The van der Waals surface area contributed by atoms with Crippen LogP contribution in [0.25, 0.3) is 0 Å². The fourth-order valence-electron chi connectivity index (χ4n) is 2.39. The smallest absolute Gasteiger partial charge is 0.335 e. The van der Waals surface area contributed by atoms with Crippen LogP contribution >= 0.6 is 0 Å². The maximum atomic E-state index is 12.6. The van der Waals surface area contributed by atoms with E-state index in [0.717, 1.165) is 25.7 Å². The van der Waals surface area contributed by atoms with Gasteiger partial charge in [-0.1, -0.05) is 12.8 Å². The van der Waals surface area contributed by atoms with Gasteiger partial charge in [-0.15, -0.1) is 0 Å². The summed E-state index contributed by atoms with van der Waals surface area (Å²) in [6, 6.07) is 5.84. The molecule has 1 saturated heterocycles. The minimum Gasteiger partial charge on any atom is -0.478 e. The Balaban J connectivity index is 2.20. The molecule has 1 N–H and O–H groups in total. The Morgan fingerprint density at radius 1 is 1.10 bits per heavy atom. The van der Waals surface area contributed by atoms with Gasteiger partial charge in [-0.3, -0.25) is 4.31 Å². The average Bonchev–Trinajstić information content (AvgIpc) is 2.76. The van der Waals surface area contributed by atoms with Crippen molar-refractivity contribution in [2.75, 3.05) is 24.4 Å². The van der Waals surface area contributed by atoms with Crippen LogP contribution in [0, 0.1) is 0 Å². The van der Waals surface area contributed by atoms with Crippen molar-refractivity contribution in [1.29, 1.82) is 0 Å². The van der Waals surface area contributed by atoms with Gasteiger partial charge in [0.25, 0.3) is 0 Å². The quantitative estimate of drug-likeness (QED) is 0.921. The standard InChI is InChI=1S/C14H20N2O4S/c1-15(13-8-6-12(7-9-13)14(17)18)21(19,20)16-10-4-2-3-5-11-16/h6-9H,2-5,10-11H2,1H3,(H,17,18). The van der Waals surface area contributed by atoms with E-state index in [1.165, 1.54) is 39.9 Å². The average molecular weight is 312 g/mol. The van der Waals surface area contributed by atoms with Gasteiger partial charge in [0, 0.05) is 20.1 Å². The lowest BCUT2D eigenvalue weighted by Gasteiger charge is -2.27. The molecule has 0 bridgehead atoms. The summed E-state index contributed by atoms with van der Waals surface area (Å²) in [5.41, 5.74) is 0.601. The number of nitrogens with zero attached hydrogens (tertiary/aromatic N) is 2. The van der Waals surface area contributed by atoms with Gasteiger partial charge in [-0.25, -0.2) is 4.79 Å². The minimum absolute atomic E-state index is 0.138. The maximum Gasteiger partial charge on any atom is 0.335 e. The third kappa shape index (κ3) is 3.54. The van der Waals surface area contributed by atoms with Crippen molar-refractivity contribution < 1.29 is 18.3 Å². The molecular weight excluding hydrogens is 292 g/mol. The van der Waals surface area contributed by atoms with E-state index in [1.807, 2.05) is 0 Å². The summed E-state index contributed by atoms with van der Waals surface area (Å²) in [7, 11) is -2.06. The second-order valence-electron chi connectivity index (χ2n) is 5.14. The first-order chi connectivity index (χ1) is 9.93. The molecule has 0 atom stereocenters. The van der Waals surface area contributed by atoms with E-state index in [4.69, 9.17) is 5.11 Å². The molecule has 0 spiro atoms. The third-order valence-corrected chi connectivity index (χ3v) is 5.64.